The molecule has 0 amide bonds. The third-order valence-electron chi connectivity index (χ3n) is 4.37. The molecule has 0 aromatic rings. The molecule has 0 aromatic heterocycles. The topological polar surface area (TPSA) is 57.6 Å². The fourth-order valence-electron chi connectivity index (χ4n) is 2.74. The fourth-order valence-corrected chi connectivity index (χ4v) is 4.78. The molecule has 1 unspecified atom stereocenters. The predicted molar refractivity (Wildman–Crippen MR) is 67.2 cm³/mol. The Labute approximate surface area is 104 Å². The maximum Gasteiger partial charge on any atom is 0.217 e. The van der Waals surface area contributed by atoms with Gasteiger partial charge in [-0.15, -0.1) is 0 Å². The number of β-amino-alcohol motifs (C(OH)–C–C–N with tert-alkyl or cyclic N) is 1. The highest BCUT2D eigenvalue weighted by Crippen LogP contribution is 2.34. The zero-order valence-electron chi connectivity index (χ0n) is 10.7. The maximum atomic E-state index is 12.4. The van der Waals surface area contributed by atoms with E-state index >= 15 is 0 Å². The lowest BCUT2D eigenvalue weighted by molar-refractivity contribution is -0.000938. The number of rotatable bonds is 2. The molecule has 1 saturated heterocycles. The van der Waals surface area contributed by atoms with Crippen molar-refractivity contribution in [1.29, 1.82) is 0 Å². The highest BCUT2D eigenvalue weighted by Gasteiger charge is 2.41. The van der Waals surface area contributed by atoms with E-state index in [2.05, 4.69) is 0 Å². The molecule has 1 N–H and O–H groups in total. The van der Waals surface area contributed by atoms with Crippen molar-refractivity contribution in [3.8, 4) is 0 Å². The lowest BCUT2D eigenvalue weighted by Gasteiger charge is -2.41. The summed E-state index contributed by atoms with van der Waals surface area (Å²) in [5.74, 6) is 0. The molecule has 0 radical (unpaired) electrons. The third-order valence-corrected chi connectivity index (χ3v) is 6.73. The van der Waals surface area contributed by atoms with Crippen LogP contribution in [0.1, 0.15) is 46.0 Å². The van der Waals surface area contributed by atoms with Gasteiger partial charge < -0.3 is 5.11 Å². The lowest BCUT2D eigenvalue weighted by Crippen LogP contribution is -2.52. The van der Waals surface area contributed by atoms with Crippen molar-refractivity contribution in [2.24, 2.45) is 5.41 Å². The summed E-state index contributed by atoms with van der Waals surface area (Å²) >= 11 is 0. The van der Waals surface area contributed by atoms with Crippen LogP contribution in [0.2, 0.25) is 0 Å². The van der Waals surface area contributed by atoms with Crippen LogP contribution in [0.5, 0.6) is 0 Å². The number of aliphatic hydroxyl groups excluding tert-OH is 1. The van der Waals surface area contributed by atoms with E-state index in [-0.39, 0.29) is 17.2 Å². The average Bonchev–Trinajstić information content (AvgIpc) is 2.75. The molecule has 1 aliphatic carbocycles. The van der Waals surface area contributed by atoms with Crippen molar-refractivity contribution in [1.82, 2.24) is 4.31 Å². The first-order valence-corrected chi connectivity index (χ1v) is 8.01. The summed E-state index contributed by atoms with van der Waals surface area (Å²) in [6.45, 7) is 4.82. The summed E-state index contributed by atoms with van der Waals surface area (Å²) in [5, 5.41) is 9.81. The summed E-state index contributed by atoms with van der Waals surface area (Å²) < 4.78 is 26.2. The molecule has 5 heteroatoms. The molecule has 2 rings (SSSR count). The van der Waals surface area contributed by atoms with E-state index in [0.29, 0.717) is 6.54 Å². The van der Waals surface area contributed by atoms with Crippen LogP contribution in [0, 0.1) is 5.41 Å². The second-order valence-corrected chi connectivity index (χ2v) is 8.28. The molecule has 0 spiro atoms. The largest absolute Gasteiger partial charge is 0.391 e. The summed E-state index contributed by atoms with van der Waals surface area (Å²) in [5.41, 5.74) is -0.165. The van der Waals surface area contributed by atoms with Crippen molar-refractivity contribution in [3.05, 3.63) is 0 Å². The van der Waals surface area contributed by atoms with E-state index in [9.17, 15) is 13.5 Å². The van der Waals surface area contributed by atoms with Gasteiger partial charge in [0.05, 0.1) is 11.4 Å². The number of hydrogen-bond donors (Lipinski definition) is 1. The summed E-state index contributed by atoms with van der Waals surface area (Å²) in [4.78, 5) is 0. The quantitative estimate of drug-likeness (QED) is 0.816. The van der Waals surface area contributed by atoms with Crippen molar-refractivity contribution in [2.75, 3.05) is 13.1 Å². The van der Waals surface area contributed by atoms with Crippen LogP contribution in [-0.2, 0) is 10.0 Å². The van der Waals surface area contributed by atoms with Gasteiger partial charge in [-0.05, 0) is 24.7 Å². The molecular weight excluding hydrogens is 238 g/mol. The number of sulfonamides is 1. The van der Waals surface area contributed by atoms with E-state index in [0.717, 1.165) is 32.1 Å². The molecule has 0 bridgehead atoms. The zero-order valence-corrected chi connectivity index (χ0v) is 11.5. The highest BCUT2D eigenvalue weighted by atomic mass is 32.2. The lowest BCUT2D eigenvalue weighted by atomic mass is 9.81. The molecule has 1 saturated carbocycles. The average molecular weight is 261 g/mol. The molecular formula is C12H23NO3S. The Kier molecular flexibility index (Phi) is 3.54. The molecule has 1 heterocycles. The first kappa shape index (κ1) is 13.3. The van der Waals surface area contributed by atoms with Crippen molar-refractivity contribution >= 4 is 10.0 Å². The highest BCUT2D eigenvalue weighted by molar-refractivity contribution is 7.89. The van der Waals surface area contributed by atoms with E-state index in [1.54, 1.807) is 0 Å². The van der Waals surface area contributed by atoms with E-state index in [1.165, 1.54) is 4.31 Å². The minimum atomic E-state index is -3.17. The summed E-state index contributed by atoms with van der Waals surface area (Å²) in [6.07, 6.45) is 3.81. The Balaban J connectivity index is 2.08. The van der Waals surface area contributed by atoms with Gasteiger partial charge in [-0.2, -0.15) is 4.31 Å². The standard InChI is InChI=1S/C12H23NO3S/c1-12(2)7-8-13(9-11(12)14)17(15,16)10-5-3-4-6-10/h10-11,14H,3-9H2,1-2H3. The van der Waals surface area contributed by atoms with Crippen LogP contribution >= 0.6 is 0 Å². The third kappa shape index (κ3) is 2.51. The normalized spacial score (nSPS) is 31.8. The Morgan fingerprint density at radius 3 is 2.35 bits per heavy atom. The van der Waals surface area contributed by atoms with Gasteiger partial charge in [0.1, 0.15) is 0 Å². The van der Waals surface area contributed by atoms with Gasteiger partial charge in [0.25, 0.3) is 0 Å². The van der Waals surface area contributed by atoms with Gasteiger partial charge >= 0.3 is 0 Å². The second kappa shape index (κ2) is 4.52. The SMILES string of the molecule is CC1(C)CCN(S(=O)(=O)C2CCCC2)CC1O. The van der Waals surface area contributed by atoms with Gasteiger partial charge in [0.2, 0.25) is 10.0 Å². The van der Waals surface area contributed by atoms with E-state index in [4.69, 9.17) is 0 Å². The van der Waals surface area contributed by atoms with Crippen LogP contribution in [-0.4, -0.2) is 42.3 Å². The smallest absolute Gasteiger partial charge is 0.217 e. The first-order chi connectivity index (χ1) is 7.84. The van der Waals surface area contributed by atoms with E-state index in [1.807, 2.05) is 13.8 Å². The van der Waals surface area contributed by atoms with Crippen LogP contribution in [0.15, 0.2) is 0 Å². The maximum absolute atomic E-state index is 12.4. The molecule has 2 fully saturated rings. The minimum absolute atomic E-state index is 0.165. The van der Waals surface area contributed by atoms with Crippen LogP contribution in [0.3, 0.4) is 0 Å². The predicted octanol–water partition coefficient (Wildman–Crippen LogP) is 1.35. The molecule has 1 aliphatic heterocycles. The van der Waals surface area contributed by atoms with Crippen LogP contribution in [0.25, 0.3) is 0 Å². The van der Waals surface area contributed by atoms with Gasteiger partial charge in [0, 0.05) is 13.1 Å². The Bertz CT molecular complexity index is 371. The summed E-state index contributed by atoms with van der Waals surface area (Å²) in [7, 11) is -3.17. The number of hydrogen-bond acceptors (Lipinski definition) is 3. The van der Waals surface area contributed by atoms with Crippen molar-refractivity contribution < 1.29 is 13.5 Å². The Morgan fingerprint density at radius 1 is 1.24 bits per heavy atom. The minimum Gasteiger partial charge on any atom is -0.391 e. The zero-order chi connectivity index (χ0) is 12.7. The second-order valence-electron chi connectivity index (χ2n) is 6.06. The van der Waals surface area contributed by atoms with Gasteiger partial charge in [-0.1, -0.05) is 26.7 Å². The van der Waals surface area contributed by atoms with E-state index < -0.39 is 16.1 Å². The van der Waals surface area contributed by atoms with Crippen molar-refractivity contribution in [2.45, 2.75) is 57.3 Å². The molecule has 4 nitrogen and oxygen atoms in total. The number of aliphatic hydroxyl groups is 1. The Hall–Kier alpha value is -0.130. The fraction of sp³-hybridized carbons (Fsp3) is 1.00. The van der Waals surface area contributed by atoms with Crippen LogP contribution in [0.4, 0.5) is 0 Å². The molecule has 100 valence electrons. The molecule has 17 heavy (non-hydrogen) atoms. The first-order valence-electron chi connectivity index (χ1n) is 6.51. The van der Waals surface area contributed by atoms with Crippen molar-refractivity contribution in [3.63, 3.8) is 0 Å². The number of nitrogens with zero attached hydrogens (tertiary/aromatic N) is 1. The summed E-state index contributed by atoms with van der Waals surface area (Å²) in [6, 6.07) is 0. The molecule has 2 aliphatic rings. The van der Waals surface area contributed by atoms with Gasteiger partial charge in [0.15, 0.2) is 0 Å². The molecule has 1 atom stereocenters. The number of piperidine rings is 1. The van der Waals surface area contributed by atoms with Crippen LogP contribution < -0.4 is 0 Å². The van der Waals surface area contributed by atoms with Gasteiger partial charge in [-0.25, -0.2) is 8.42 Å². The van der Waals surface area contributed by atoms with Gasteiger partial charge in [-0.3, -0.25) is 0 Å². The molecule has 0 aromatic carbocycles. The monoisotopic (exact) mass is 261 g/mol. The Morgan fingerprint density at radius 2 is 1.82 bits per heavy atom.